The molecule has 1 saturated heterocycles. The SMILES string of the molecule is COC(=O)c1c(C)cc(N2CCN(C(=O)c3ccc4c(n3)OC(C)(C)CN(c3ccc(C)c(F)c3)C4)C(C)(C)C2)nc1C. The second kappa shape index (κ2) is 11.1. The summed E-state index contributed by atoms with van der Waals surface area (Å²) in [4.78, 5) is 41.6. The summed E-state index contributed by atoms with van der Waals surface area (Å²) in [5.41, 5.74) is 3.26. The zero-order valence-electron chi connectivity index (χ0n) is 26.2. The van der Waals surface area contributed by atoms with Gasteiger partial charge >= 0.3 is 5.97 Å². The van der Waals surface area contributed by atoms with E-state index in [9.17, 15) is 14.0 Å². The summed E-state index contributed by atoms with van der Waals surface area (Å²) in [6.45, 7) is 16.0. The Balaban J connectivity index is 1.36. The van der Waals surface area contributed by atoms with Gasteiger partial charge in [-0.15, -0.1) is 0 Å². The molecule has 0 saturated carbocycles. The highest BCUT2D eigenvalue weighted by molar-refractivity contribution is 5.94. The Hall–Kier alpha value is -4.21. The Labute approximate surface area is 252 Å². The molecule has 1 aromatic carbocycles. The molecule has 43 heavy (non-hydrogen) atoms. The molecule has 2 aliphatic heterocycles. The molecule has 1 fully saturated rings. The highest BCUT2D eigenvalue weighted by Gasteiger charge is 2.39. The van der Waals surface area contributed by atoms with Crippen molar-refractivity contribution < 1.29 is 23.5 Å². The number of benzene rings is 1. The number of carbonyl (C=O) groups is 2. The van der Waals surface area contributed by atoms with Crippen LogP contribution in [0.2, 0.25) is 0 Å². The number of carbonyl (C=O) groups excluding carboxylic acids is 2. The van der Waals surface area contributed by atoms with Gasteiger partial charge in [-0.2, -0.15) is 0 Å². The molecule has 0 aliphatic carbocycles. The molecule has 0 spiro atoms. The molecule has 5 rings (SSSR count). The third-order valence-corrected chi connectivity index (χ3v) is 8.23. The highest BCUT2D eigenvalue weighted by Crippen LogP contribution is 2.33. The van der Waals surface area contributed by atoms with Crippen molar-refractivity contribution in [2.24, 2.45) is 0 Å². The Morgan fingerprint density at radius 3 is 2.33 bits per heavy atom. The molecule has 0 atom stereocenters. The third kappa shape index (κ3) is 6.00. The van der Waals surface area contributed by atoms with Crippen molar-refractivity contribution in [3.8, 4) is 5.88 Å². The first-order chi connectivity index (χ1) is 20.2. The lowest BCUT2D eigenvalue weighted by molar-refractivity contribution is 0.0502. The maximum Gasteiger partial charge on any atom is 0.339 e. The zero-order chi connectivity index (χ0) is 31.3. The van der Waals surface area contributed by atoms with Crippen molar-refractivity contribution in [1.29, 1.82) is 0 Å². The maximum absolute atomic E-state index is 14.4. The van der Waals surface area contributed by atoms with Crippen LogP contribution < -0.4 is 14.5 Å². The predicted octanol–water partition coefficient (Wildman–Crippen LogP) is 5.25. The van der Waals surface area contributed by atoms with Crippen LogP contribution in [0.3, 0.4) is 0 Å². The lowest BCUT2D eigenvalue weighted by Crippen LogP contribution is -2.61. The number of nitrogens with zero attached hydrogens (tertiary/aromatic N) is 5. The fourth-order valence-corrected chi connectivity index (χ4v) is 6.02. The minimum atomic E-state index is -0.626. The smallest absolute Gasteiger partial charge is 0.339 e. The Bertz CT molecular complexity index is 1560. The molecule has 3 aromatic rings. The normalized spacial score (nSPS) is 17.6. The van der Waals surface area contributed by atoms with Crippen molar-refractivity contribution in [2.75, 3.05) is 43.1 Å². The third-order valence-electron chi connectivity index (χ3n) is 8.23. The van der Waals surface area contributed by atoms with Crippen molar-refractivity contribution in [2.45, 2.75) is 66.2 Å². The van der Waals surface area contributed by atoms with Crippen LogP contribution >= 0.6 is 0 Å². The first-order valence-corrected chi connectivity index (χ1v) is 14.5. The Morgan fingerprint density at radius 2 is 1.67 bits per heavy atom. The van der Waals surface area contributed by atoms with Gasteiger partial charge in [0.05, 0.1) is 30.5 Å². The Kier molecular flexibility index (Phi) is 7.83. The lowest BCUT2D eigenvalue weighted by Gasteiger charge is -2.47. The van der Waals surface area contributed by atoms with E-state index in [1.807, 2.05) is 57.7 Å². The lowest BCUT2D eigenvalue weighted by atomic mass is 9.97. The van der Waals surface area contributed by atoms with Crippen LogP contribution in [0.5, 0.6) is 5.88 Å². The van der Waals surface area contributed by atoms with Crippen molar-refractivity contribution >= 4 is 23.4 Å². The average Bonchev–Trinajstić information content (AvgIpc) is 3.07. The largest absolute Gasteiger partial charge is 0.469 e. The van der Waals surface area contributed by atoms with E-state index in [1.54, 1.807) is 32.0 Å². The zero-order valence-corrected chi connectivity index (χ0v) is 26.2. The van der Waals surface area contributed by atoms with Crippen LogP contribution in [0.25, 0.3) is 0 Å². The highest BCUT2D eigenvalue weighted by atomic mass is 19.1. The number of piperazine rings is 1. The average molecular weight is 590 g/mol. The van der Waals surface area contributed by atoms with E-state index in [2.05, 4.69) is 9.80 Å². The predicted molar refractivity (Wildman–Crippen MR) is 164 cm³/mol. The molecular formula is C33H40FN5O4. The summed E-state index contributed by atoms with van der Waals surface area (Å²) in [6.07, 6.45) is 0. The molecule has 4 heterocycles. The van der Waals surface area contributed by atoms with Gasteiger partial charge in [0.2, 0.25) is 5.88 Å². The van der Waals surface area contributed by atoms with Crippen molar-refractivity contribution in [3.63, 3.8) is 0 Å². The Morgan fingerprint density at radius 1 is 0.930 bits per heavy atom. The molecular weight excluding hydrogens is 549 g/mol. The van der Waals surface area contributed by atoms with Crippen LogP contribution in [0.1, 0.15) is 70.9 Å². The van der Waals surface area contributed by atoms with Crippen LogP contribution in [-0.2, 0) is 11.3 Å². The minimum absolute atomic E-state index is 0.170. The summed E-state index contributed by atoms with van der Waals surface area (Å²) in [7, 11) is 1.36. The number of methoxy groups -OCH3 is 1. The van der Waals surface area contributed by atoms with E-state index in [-0.39, 0.29) is 11.7 Å². The quantitative estimate of drug-likeness (QED) is 0.382. The number of anilines is 2. The van der Waals surface area contributed by atoms with E-state index < -0.39 is 17.1 Å². The summed E-state index contributed by atoms with van der Waals surface area (Å²) >= 11 is 0. The van der Waals surface area contributed by atoms with Gasteiger partial charge in [0, 0.05) is 37.4 Å². The number of hydrogen-bond donors (Lipinski definition) is 0. The van der Waals surface area contributed by atoms with Gasteiger partial charge in [-0.1, -0.05) is 6.07 Å². The van der Waals surface area contributed by atoms with E-state index >= 15 is 0 Å². The number of halogens is 1. The van der Waals surface area contributed by atoms with E-state index in [0.29, 0.717) is 61.1 Å². The van der Waals surface area contributed by atoms with Gasteiger partial charge in [-0.25, -0.2) is 19.2 Å². The van der Waals surface area contributed by atoms with Gasteiger partial charge in [0.15, 0.2) is 0 Å². The van der Waals surface area contributed by atoms with E-state index in [4.69, 9.17) is 19.4 Å². The molecule has 10 heteroatoms. The second-order valence-electron chi connectivity index (χ2n) is 12.8. The molecule has 0 bridgehead atoms. The fourth-order valence-electron chi connectivity index (χ4n) is 6.02. The van der Waals surface area contributed by atoms with E-state index in [1.165, 1.54) is 7.11 Å². The number of pyridine rings is 2. The van der Waals surface area contributed by atoms with Crippen LogP contribution in [0, 0.1) is 26.6 Å². The van der Waals surface area contributed by atoms with E-state index in [0.717, 1.165) is 22.6 Å². The standard InChI is InChI=1S/C33H40FN5O4/c1-20-9-11-24(16-25(20)34)38-17-23-10-12-26(36-29(23)43-33(6,7)19-38)30(40)39-14-13-37(18-32(39,4)5)27-15-21(2)28(22(3)35-27)31(41)42-8/h9-12,15-16H,13-14,17-19H2,1-8H3. The molecule has 0 radical (unpaired) electrons. The number of ether oxygens (including phenoxy) is 2. The molecule has 228 valence electrons. The van der Waals surface area contributed by atoms with Gasteiger partial charge in [0.1, 0.15) is 22.9 Å². The number of hydrogen-bond acceptors (Lipinski definition) is 8. The first kappa shape index (κ1) is 30.3. The minimum Gasteiger partial charge on any atom is -0.469 e. The number of aromatic nitrogens is 2. The maximum atomic E-state index is 14.4. The fraction of sp³-hybridized carbons (Fsp3) is 0.455. The number of fused-ring (bicyclic) bond motifs is 1. The first-order valence-electron chi connectivity index (χ1n) is 14.5. The molecule has 0 unspecified atom stereocenters. The van der Waals surface area contributed by atoms with Gasteiger partial charge in [0.25, 0.3) is 5.91 Å². The summed E-state index contributed by atoms with van der Waals surface area (Å²) in [5, 5.41) is 0. The summed E-state index contributed by atoms with van der Waals surface area (Å²) in [6, 6.07) is 10.8. The summed E-state index contributed by atoms with van der Waals surface area (Å²) < 4.78 is 25.6. The molecule has 1 amide bonds. The molecule has 9 nitrogen and oxygen atoms in total. The monoisotopic (exact) mass is 589 g/mol. The van der Waals surface area contributed by atoms with Crippen molar-refractivity contribution in [1.82, 2.24) is 14.9 Å². The molecule has 2 aromatic heterocycles. The van der Waals surface area contributed by atoms with Gasteiger partial charge < -0.3 is 24.2 Å². The van der Waals surface area contributed by atoms with Crippen LogP contribution in [-0.4, -0.2) is 71.2 Å². The molecule has 0 N–H and O–H groups in total. The number of esters is 1. The number of aryl methyl sites for hydroxylation is 3. The second-order valence-corrected chi connectivity index (χ2v) is 12.8. The van der Waals surface area contributed by atoms with Gasteiger partial charge in [-0.05, 0) is 89.9 Å². The molecule has 2 aliphatic rings. The number of rotatable bonds is 4. The number of amides is 1. The topological polar surface area (TPSA) is 88.1 Å². The van der Waals surface area contributed by atoms with Crippen LogP contribution in [0.4, 0.5) is 15.9 Å². The van der Waals surface area contributed by atoms with Crippen molar-refractivity contribution in [3.05, 3.63) is 75.9 Å². The van der Waals surface area contributed by atoms with Gasteiger partial charge in [-0.3, -0.25) is 4.79 Å². The summed E-state index contributed by atoms with van der Waals surface area (Å²) in [5.74, 6) is 0.365. The van der Waals surface area contributed by atoms with Crippen LogP contribution in [0.15, 0.2) is 36.4 Å².